The Morgan fingerprint density at radius 2 is 1.75 bits per heavy atom. The molecule has 0 spiro atoms. The van der Waals surface area contributed by atoms with Crippen LogP contribution in [0.3, 0.4) is 0 Å². The van der Waals surface area contributed by atoms with E-state index in [1.807, 2.05) is 6.07 Å². The molecule has 2 nitrogen and oxygen atoms in total. The van der Waals surface area contributed by atoms with Crippen LogP contribution in [0.2, 0.25) is 10.0 Å². The van der Waals surface area contributed by atoms with E-state index in [-0.39, 0.29) is 5.75 Å². The molecule has 0 radical (unpaired) electrons. The second-order valence-corrected chi connectivity index (χ2v) is 4.31. The Hall–Kier alpha value is -1.38. The smallest absolute Gasteiger partial charge is 0.155 e. The quantitative estimate of drug-likeness (QED) is 0.635. The van der Waals surface area contributed by atoms with E-state index in [9.17, 15) is 5.11 Å². The molecular formula is C12H6Cl2O2. The van der Waals surface area contributed by atoms with E-state index in [0.717, 1.165) is 10.8 Å². The molecule has 0 saturated carbocycles. The summed E-state index contributed by atoms with van der Waals surface area (Å²) >= 11 is 12.0. The van der Waals surface area contributed by atoms with Gasteiger partial charge in [0.2, 0.25) is 0 Å². The molecule has 4 heteroatoms. The zero-order chi connectivity index (χ0) is 11.3. The number of hydrogen-bond donors (Lipinski definition) is 1. The van der Waals surface area contributed by atoms with Crippen LogP contribution in [0, 0.1) is 0 Å². The monoisotopic (exact) mass is 252 g/mol. The summed E-state index contributed by atoms with van der Waals surface area (Å²) in [6, 6.07) is 8.54. The number of aromatic hydroxyl groups is 1. The van der Waals surface area contributed by atoms with Crippen molar-refractivity contribution in [1.29, 1.82) is 0 Å². The second kappa shape index (κ2) is 3.30. The molecule has 0 fully saturated rings. The van der Waals surface area contributed by atoms with E-state index < -0.39 is 0 Å². The fourth-order valence-electron chi connectivity index (χ4n) is 1.77. The van der Waals surface area contributed by atoms with Gasteiger partial charge in [-0.3, -0.25) is 0 Å². The van der Waals surface area contributed by atoms with Crippen molar-refractivity contribution in [1.82, 2.24) is 0 Å². The van der Waals surface area contributed by atoms with Crippen LogP contribution in [-0.4, -0.2) is 5.11 Å². The minimum Gasteiger partial charge on any atom is -0.508 e. The number of phenolic OH excluding ortho intramolecular Hbond substituents is 1. The maximum absolute atomic E-state index is 9.36. The first-order valence-corrected chi connectivity index (χ1v) is 5.41. The SMILES string of the molecule is Oc1ccc2c(c1)oc1c(Cl)c(Cl)ccc12. The summed E-state index contributed by atoms with van der Waals surface area (Å²) in [6.45, 7) is 0. The Kier molecular flexibility index (Phi) is 2.03. The van der Waals surface area contributed by atoms with Gasteiger partial charge in [0.15, 0.2) is 5.58 Å². The van der Waals surface area contributed by atoms with Gasteiger partial charge in [-0.25, -0.2) is 0 Å². The molecule has 16 heavy (non-hydrogen) atoms. The lowest BCUT2D eigenvalue weighted by molar-refractivity contribution is 0.475. The fourth-order valence-corrected chi connectivity index (χ4v) is 2.12. The number of hydrogen-bond acceptors (Lipinski definition) is 2. The lowest BCUT2D eigenvalue weighted by Crippen LogP contribution is -1.70. The summed E-state index contributed by atoms with van der Waals surface area (Å²) in [5.41, 5.74) is 1.15. The van der Waals surface area contributed by atoms with Gasteiger partial charge in [0.1, 0.15) is 16.4 Å². The van der Waals surface area contributed by atoms with Crippen LogP contribution < -0.4 is 0 Å². The average Bonchev–Trinajstić information content (AvgIpc) is 2.62. The summed E-state index contributed by atoms with van der Waals surface area (Å²) in [4.78, 5) is 0. The van der Waals surface area contributed by atoms with E-state index >= 15 is 0 Å². The van der Waals surface area contributed by atoms with E-state index in [4.69, 9.17) is 27.6 Å². The number of rotatable bonds is 0. The average molecular weight is 253 g/mol. The van der Waals surface area contributed by atoms with Crippen molar-refractivity contribution >= 4 is 45.1 Å². The Balaban J connectivity index is 2.55. The highest BCUT2D eigenvalue weighted by Crippen LogP contribution is 2.37. The maximum atomic E-state index is 9.36. The molecular weight excluding hydrogens is 247 g/mol. The van der Waals surface area contributed by atoms with Crippen molar-refractivity contribution in [3.8, 4) is 5.75 Å². The Morgan fingerprint density at radius 1 is 1.00 bits per heavy atom. The summed E-state index contributed by atoms with van der Waals surface area (Å²) < 4.78 is 5.57. The lowest BCUT2D eigenvalue weighted by atomic mass is 10.1. The molecule has 2 aromatic carbocycles. The first kappa shape index (κ1) is 9.82. The molecule has 0 atom stereocenters. The third-order valence-electron chi connectivity index (χ3n) is 2.52. The molecule has 1 N–H and O–H groups in total. The zero-order valence-corrected chi connectivity index (χ0v) is 9.51. The molecule has 0 aliphatic heterocycles. The van der Waals surface area contributed by atoms with Gasteiger partial charge in [0, 0.05) is 16.8 Å². The number of furan rings is 1. The molecule has 0 saturated heterocycles. The molecule has 0 unspecified atom stereocenters. The largest absolute Gasteiger partial charge is 0.508 e. The first-order chi connectivity index (χ1) is 7.66. The summed E-state index contributed by atoms with van der Waals surface area (Å²) in [5, 5.41) is 12.0. The van der Waals surface area contributed by atoms with Crippen LogP contribution >= 0.6 is 23.2 Å². The Labute approximate surface area is 101 Å². The van der Waals surface area contributed by atoms with Crippen molar-refractivity contribution in [3.05, 3.63) is 40.4 Å². The number of phenols is 1. The van der Waals surface area contributed by atoms with Crippen molar-refractivity contribution in [2.75, 3.05) is 0 Å². The second-order valence-electron chi connectivity index (χ2n) is 3.52. The van der Waals surface area contributed by atoms with Crippen molar-refractivity contribution in [2.45, 2.75) is 0 Å². The van der Waals surface area contributed by atoms with E-state index in [2.05, 4.69) is 0 Å². The van der Waals surface area contributed by atoms with E-state index in [1.54, 1.807) is 24.3 Å². The lowest BCUT2D eigenvalue weighted by Gasteiger charge is -1.94. The van der Waals surface area contributed by atoms with Crippen LogP contribution in [0.25, 0.3) is 21.9 Å². The molecule has 1 heterocycles. The summed E-state index contributed by atoms with van der Waals surface area (Å²) in [6.07, 6.45) is 0. The fraction of sp³-hybridized carbons (Fsp3) is 0. The van der Waals surface area contributed by atoms with Crippen molar-refractivity contribution < 1.29 is 9.52 Å². The van der Waals surface area contributed by atoms with Crippen LogP contribution in [0.5, 0.6) is 5.75 Å². The Morgan fingerprint density at radius 3 is 2.56 bits per heavy atom. The van der Waals surface area contributed by atoms with Gasteiger partial charge in [-0.2, -0.15) is 0 Å². The van der Waals surface area contributed by atoms with E-state index in [0.29, 0.717) is 21.2 Å². The number of fused-ring (bicyclic) bond motifs is 3. The van der Waals surface area contributed by atoms with Crippen LogP contribution in [0.1, 0.15) is 0 Å². The van der Waals surface area contributed by atoms with Gasteiger partial charge < -0.3 is 9.52 Å². The van der Waals surface area contributed by atoms with Gasteiger partial charge >= 0.3 is 0 Å². The minimum absolute atomic E-state index is 0.161. The molecule has 0 aliphatic carbocycles. The Bertz CT molecular complexity index is 701. The summed E-state index contributed by atoms with van der Waals surface area (Å²) in [5.74, 6) is 0.161. The number of halogens is 2. The van der Waals surface area contributed by atoms with Gasteiger partial charge in [-0.05, 0) is 24.3 Å². The predicted octanol–water partition coefficient (Wildman–Crippen LogP) is 4.60. The van der Waals surface area contributed by atoms with E-state index in [1.165, 1.54) is 0 Å². The highest BCUT2D eigenvalue weighted by molar-refractivity contribution is 6.45. The van der Waals surface area contributed by atoms with Crippen LogP contribution in [0.4, 0.5) is 0 Å². The van der Waals surface area contributed by atoms with Crippen molar-refractivity contribution in [2.24, 2.45) is 0 Å². The van der Waals surface area contributed by atoms with Gasteiger partial charge in [0.05, 0.1) is 5.02 Å². The minimum atomic E-state index is 0.161. The third kappa shape index (κ3) is 1.27. The third-order valence-corrected chi connectivity index (χ3v) is 3.30. The first-order valence-electron chi connectivity index (χ1n) is 4.66. The molecule has 3 aromatic rings. The molecule has 80 valence electrons. The topological polar surface area (TPSA) is 33.4 Å². The van der Waals surface area contributed by atoms with Crippen LogP contribution in [-0.2, 0) is 0 Å². The van der Waals surface area contributed by atoms with Gasteiger partial charge in [-0.15, -0.1) is 0 Å². The molecule has 3 rings (SSSR count). The number of benzene rings is 2. The summed E-state index contributed by atoms with van der Waals surface area (Å²) in [7, 11) is 0. The molecule has 0 amide bonds. The van der Waals surface area contributed by atoms with Crippen LogP contribution in [0.15, 0.2) is 34.7 Å². The van der Waals surface area contributed by atoms with Gasteiger partial charge in [-0.1, -0.05) is 23.2 Å². The highest BCUT2D eigenvalue weighted by atomic mass is 35.5. The standard InChI is InChI=1S/C12H6Cl2O2/c13-9-4-3-8-7-2-1-6(15)5-10(7)16-12(8)11(9)14/h1-5,15H. The molecule has 1 aromatic heterocycles. The van der Waals surface area contributed by atoms with Crippen molar-refractivity contribution in [3.63, 3.8) is 0 Å². The molecule has 0 bridgehead atoms. The highest BCUT2D eigenvalue weighted by Gasteiger charge is 2.12. The van der Waals surface area contributed by atoms with Gasteiger partial charge in [0.25, 0.3) is 0 Å². The molecule has 0 aliphatic rings. The normalized spacial score (nSPS) is 11.4. The maximum Gasteiger partial charge on any atom is 0.155 e. The predicted molar refractivity (Wildman–Crippen MR) is 65.4 cm³/mol. The zero-order valence-electron chi connectivity index (χ0n) is 8.00.